The first-order chi connectivity index (χ1) is 8.77. The van der Waals surface area contributed by atoms with Crippen molar-refractivity contribution >= 4 is 5.97 Å². The molecule has 0 aromatic heterocycles. The lowest BCUT2D eigenvalue weighted by Gasteiger charge is -2.40. The number of hydrogen-bond donors (Lipinski definition) is 0. The Kier molecular flexibility index (Phi) is 5.04. The van der Waals surface area contributed by atoms with Crippen molar-refractivity contribution in [3.63, 3.8) is 0 Å². The average Bonchev–Trinajstić information content (AvgIpc) is 2.88. The highest BCUT2D eigenvalue weighted by molar-refractivity contribution is 5.76. The molecule has 2 rings (SSSR count). The molecule has 0 aromatic rings. The second-order valence-electron chi connectivity index (χ2n) is 5.67. The van der Waals surface area contributed by atoms with E-state index in [9.17, 15) is 4.79 Å². The van der Waals surface area contributed by atoms with Crippen molar-refractivity contribution < 1.29 is 9.53 Å². The number of nitrogens with zero attached hydrogens (tertiary/aromatic N) is 1. The summed E-state index contributed by atoms with van der Waals surface area (Å²) >= 11 is 0. The van der Waals surface area contributed by atoms with Crippen molar-refractivity contribution in [1.29, 1.82) is 0 Å². The van der Waals surface area contributed by atoms with E-state index in [4.69, 9.17) is 4.74 Å². The van der Waals surface area contributed by atoms with Crippen LogP contribution in [-0.2, 0) is 9.53 Å². The fraction of sp³-hybridized carbons (Fsp3) is 0.933. The van der Waals surface area contributed by atoms with Crippen LogP contribution >= 0.6 is 0 Å². The van der Waals surface area contributed by atoms with E-state index >= 15 is 0 Å². The number of ether oxygens (including phenoxy) is 1. The van der Waals surface area contributed by atoms with Crippen LogP contribution < -0.4 is 0 Å². The molecule has 0 aromatic carbocycles. The van der Waals surface area contributed by atoms with Gasteiger partial charge < -0.3 is 4.74 Å². The number of esters is 1. The number of carbonyl (C=O) groups excluding carboxylic acids is 1. The molecule has 0 radical (unpaired) electrons. The number of carbonyl (C=O) groups is 1. The van der Waals surface area contributed by atoms with Gasteiger partial charge >= 0.3 is 5.97 Å². The van der Waals surface area contributed by atoms with Gasteiger partial charge in [-0.3, -0.25) is 9.69 Å². The maximum Gasteiger partial charge on any atom is 0.323 e. The summed E-state index contributed by atoms with van der Waals surface area (Å²) < 4.78 is 5.24. The maximum atomic E-state index is 12.0. The summed E-state index contributed by atoms with van der Waals surface area (Å²) in [4.78, 5) is 14.5. The summed E-state index contributed by atoms with van der Waals surface area (Å²) in [5.41, 5.74) is 0. The largest absolute Gasteiger partial charge is 0.465 e. The van der Waals surface area contributed by atoms with Crippen LogP contribution in [0.2, 0.25) is 0 Å². The third-order valence-electron chi connectivity index (χ3n) is 4.67. The fourth-order valence-electron chi connectivity index (χ4n) is 3.78. The smallest absolute Gasteiger partial charge is 0.323 e. The standard InChI is InChI=1S/C15H27NO2/c1-3-12-8-5-6-9-13(12)16-11-7-10-14(16)15(17)18-4-2/h12-14H,3-11H2,1-2H3. The molecule has 3 nitrogen and oxygen atoms in total. The van der Waals surface area contributed by atoms with Crippen LogP contribution in [-0.4, -0.2) is 36.1 Å². The van der Waals surface area contributed by atoms with Crippen LogP contribution in [0.3, 0.4) is 0 Å². The first-order valence-electron chi connectivity index (χ1n) is 7.70. The second-order valence-corrected chi connectivity index (χ2v) is 5.67. The minimum absolute atomic E-state index is 0.00965. The Labute approximate surface area is 111 Å². The molecule has 2 aliphatic rings. The van der Waals surface area contributed by atoms with Gasteiger partial charge in [-0.25, -0.2) is 0 Å². The summed E-state index contributed by atoms with van der Waals surface area (Å²) in [6.45, 7) is 5.78. The number of hydrogen-bond acceptors (Lipinski definition) is 3. The van der Waals surface area contributed by atoms with Gasteiger partial charge in [0.25, 0.3) is 0 Å². The van der Waals surface area contributed by atoms with Crippen molar-refractivity contribution in [2.75, 3.05) is 13.2 Å². The van der Waals surface area contributed by atoms with E-state index in [1.54, 1.807) is 0 Å². The monoisotopic (exact) mass is 253 g/mol. The Morgan fingerprint density at radius 2 is 1.94 bits per heavy atom. The zero-order chi connectivity index (χ0) is 13.0. The van der Waals surface area contributed by atoms with Crippen LogP contribution in [0.1, 0.15) is 58.8 Å². The van der Waals surface area contributed by atoms with Gasteiger partial charge in [0.15, 0.2) is 0 Å². The molecule has 0 spiro atoms. The van der Waals surface area contributed by atoms with Crippen LogP contribution in [0.4, 0.5) is 0 Å². The van der Waals surface area contributed by atoms with E-state index in [0.29, 0.717) is 12.6 Å². The predicted octanol–water partition coefficient (Wildman–Crippen LogP) is 2.98. The SMILES string of the molecule is CCOC(=O)C1CCCN1C1CCCCC1CC. The molecule has 1 aliphatic carbocycles. The number of rotatable bonds is 4. The molecule has 3 heteroatoms. The molecule has 0 N–H and O–H groups in total. The fourth-order valence-corrected chi connectivity index (χ4v) is 3.78. The lowest BCUT2D eigenvalue weighted by molar-refractivity contribution is -0.149. The molecule has 1 heterocycles. The van der Waals surface area contributed by atoms with Crippen LogP contribution in [0.15, 0.2) is 0 Å². The average molecular weight is 253 g/mol. The molecular weight excluding hydrogens is 226 g/mol. The molecule has 3 atom stereocenters. The van der Waals surface area contributed by atoms with E-state index in [-0.39, 0.29) is 12.0 Å². The van der Waals surface area contributed by atoms with E-state index in [2.05, 4.69) is 11.8 Å². The summed E-state index contributed by atoms with van der Waals surface area (Å²) in [5, 5.41) is 0. The van der Waals surface area contributed by atoms with E-state index in [0.717, 1.165) is 25.3 Å². The minimum Gasteiger partial charge on any atom is -0.465 e. The highest BCUT2D eigenvalue weighted by atomic mass is 16.5. The summed E-state index contributed by atoms with van der Waals surface area (Å²) in [5.74, 6) is 0.796. The first-order valence-corrected chi connectivity index (χ1v) is 7.70. The third kappa shape index (κ3) is 2.87. The van der Waals surface area contributed by atoms with Gasteiger partial charge in [0.05, 0.1) is 6.61 Å². The molecule has 104 valence electrons. The van der Waals surface area contributed by atoms with Crippen LogP contribution in [0, 0.1) is 5.92 Å². The quantitative estimate of drug-likeness (QED) is 0.721. The van der Waals surface area contributed by atoms with Crippen LogP contribution in [0.5, 0.6) is 0 Å². The molecule has 0 bridgehead atoms. The highest BCUT2D eigenvalue weighted by Gasteiger charge is 2.39. The molecule has 0 amide bonds. The molecule has 2 fully saturated rings. The second kappa shape index (κ2) is 6.55. The minimum atomic E-state index is 0.00965. The molecule has 1 aliphatic heterocycles. The van der Waals surface area contributed by atoms with E-state index < -0.39 is 0 Å². The van der Waals surface area contributed by atoms with Crippen molar-refractivity contribution in [1.82, 2.24) is 4.90 Å². The maximum absolute atomic E-state index is 12.0. The van der Waals surface area contributed by atoms with Crippen molar-refractivity contribution in [3.8, 4) is 0 Å². The van der Waals surface area contributed by atoms with Gasteiger partial charge in [-0.2, -0.15) is 0 Å². The summed E-state index contributed by atoms with van der Waals surface area (Å²) in [6.07, 6.45) is 8.70. The first kappa shape index (κ1) is 13.9. The molecule has 3 unspecified atom stereocenters. The van der Waals surface area contributed by atoms with Gasteiger partial charge in [0, 0.05) is 6.04 Å². The van der Waals surface area contributed by atoms with Crippen molar-refractivity contribution in [3.05, 3.63) is 0 Å². The molecule has 18 heavy (non-hydrogen) atoms. The molecule has 1 saturated heterocycles. The third-order valence-corrected chi connectivity index (χ3v) is 4.67. The van der Waals surface area contributed by atoms with Crippen molar-refractivity contribution in [2.45, 2.75) is 70.9 Å². The van der Waals surface area contributed by atoms with E-state index in [1.807, 2.05) is 6.92 Å². The van der Waals surface area contributed by atoms with Crippen molar-refractivity contribution in [2.24, 2.45) is 5.92 Å². The Hall–Kier alpha value is -0.570. The Morgan fingerprint density at radius 3 is 2.67 bits per heavy atom. The molecule has 1 saturated carbocycles. The van der Waals surface area contributed by atoms with Gasteiger partial charge in [-0.05, 0) is 45.1 Å². The van der Waals surface area contributed by atoms with Crippen LogP contribution in [0.25, 0.3) is 0 Å². The molecular formula is C15H27NO2. The Balaban J connectivity index is 2.02. The Morgan fingerprint density at radius 1 is 1.17 bits per heavy atom. The lowest BCUT2D eigenvalue weighted by Crippen LogP contribution is -2.48. The number of likely N-dealkylation sites (tertiary alicyclic amines) is 1. The van der Waals surface area contributed by atoms with Gasteiger partial charge in [-0.15, -0.1) is 0 Å². The normalized spacial score (nSPS) is 33.6. The zero-order valence-electron chi connectivity index (χ0n) is 11.9. The van der Waals surface area contributed by atoms with Gasteiger partial charge in [-0.1, -0.05) is 26.2 Å². The topological polar surface area (TPSA) is 29.5 Å². The Bertz CT molecular complexity index is 280. The summed E-state index contributed by atoms with van der Waals surface area (Å²) in [6, 6.07) is 0.669. The zero-order valence-corrected chi connectivity index (χ0v) is 11.9. The van der Waals surface area contributed by atoms with Gasteiger partial charge in [0.2, 0.25) is 0 Å². The van der Waals surface area contributed by atoms with E-state index in [1.165, 1.54) is 32.1 Å². The lowest BCUT2D eigenvalue weighted by atomic mass is 9.81. The predicted molar refractivity (Wildman–Crippen MR) is 72.4 cm³/mol. The highest BCUT2D eigenvalue weighted by Crippen LogP contribution is 2.35. The van der Waals surface area contributed by atoms with Gasteiger partial charge in [0.1, 0.15) is 6.04 Å². The summed E-state index contributed by atoms with van der Waals surface area (Å²) in [7, 11) is 0.